The highest BCUT2D eigenvalue weighted by Crippen LogP contribution is 2.21. The molecule has 0 aromatic carbocycles. The molecule has 0 radical (unpaired) electrons. The van der Waals surface area contributed by atoms with E-state index in [4.69, 9.17) is 4.74 Å². The van der Waals surface area contributed by atoms with Crippen LogP contribution in [0.4, 0.5) is 0 Å². The largest absolute Gasteiger partial charge is 0.383 e. The Morgan fingerprint density at radius 3 is 2.96 bits per heavy atom. The lowest BCUT2D eigenvalue weighted by atomic mass is 10.2. The molecule has 0 amide bonds. The average Bonchev–Trinajstić information content (AvgIpc) is 3.25. The minimum atomic E-state index is -3.51. The molecule has 2 aliphatic rings. The third-order valence-electron chi connectivity index (χ3n) is 5.18. The third kappa shape index (κ3) is 4.64. The molecule has 9 heteroatoms. The molecule has 3 heterocycles. The maximum Gasteiger partial charge on any atom is 0.280 e. The lowest BCUT2D eigenvalue weighted by Crippen LogP contribution is -2.44. The van der Waals surface area contributed by atoms with Gasteiger partial charge in [0.25, 0.3) is 10.2 Å². The molecule has 0 saturated carbocycles. The zero-order valence-corrected chi connectivity index (χ0v) is 16.7. The molecule has 1 aromatic rings. The Bertz CT molecular complexity index is 691. The fraction of sp³-hybridized carbons (Fsp3) is 0.824. The fourth-order valence-corrected chi connectivity index (χ4v) is 5.20. The standard InChI is InChI=1S/C17H31N5O3S/c1-3-4-7-20-9-10-21-17(13-20)11-15(19-21)12-18-26(23,24)22-8-5-6-16(22)14-25-2/h11,16,18H,3-10,12-14H2,1-2H3/t16-/m1/s1. The molecule has 0 unspecified atom stereocenters. The van der Waals surface area contributed by atoms with Crippen LogP contribution in [0.15, 0.2) is 6.07 Å². The number of nitrogens with one attached hydrogen (secondary N) is 1. The molecule has 26 heavy (non-hydrogen) atoms. The number of unbranched alkanes of at least 4 members (excludes halogenated alkanes) is 1. The first kappa shape index (κ1) is 19.8. The van der Waals surface area contributed by atoms with Gasteiger partial charge in [0.05, 0.1) is 31.1 Å². The summed E-state index contributed by atoms with van der Waals surface area (Å²) in [6.45, 7) is 7.30. The van der Waals surface area contributed by atoms with E-state index in [0.29, 0.717) is 13.2 Å². The zero-order chi connectivity index (χ0) is 18.6. The second-order valence-electron chi connectivity index (χ2n) is 7.17. The molecule has 0 bridgehead atoms. The lowest BCUT2D eigenvalue weighted by Gasteiger charge is -2.27. The Morgan fingerprint density at radius 2 is 2.19 bits per heavy atom. The number of fused-ring (bicyclic) bond motifs is 1. The summed E-state index contributed by atoms with van der Waals surface area (Å²) in [5, 5.41) is 4.57. The summed E-state index contributed by atoms with van der Waals surface area (Å²) in [7, 11) is -1.90. The predicted molar refractivity (Wildman–Crippen MR) is 99.8 cm³/mol. The normalized spacial score (nSPS) is 22.0. The van der Waals surface area contributed by atoms with E-state index >= 15 is 0 Å². The van der Waals surface area contributed by atoms with Crippen molar-refractivity contribution < 1.29 is 13.2 Å². The van der Waals surface area contributed by atoms with Crippen molar-refractivity contribution in [1.82, 2.24) is 23.7 Å². The van der Waals surface area contributed by atoms with Crippen LogP contribution in [0.25, 0.3) is 0 Å². The van der Waals surface area contributed by atoms with Gasteiger partial charge in [-0.15, -0.1) is 0 Å². The van der Waals surface area contributed by atoms with Crippen LogP contribution in [0.3, 0.4) is 0 Å². The highest BCUT2D eigenvalue weighted by Gasteiger charge is 2.34. The molecule has 2 aliphatic heterocycles. The molecule has 1 atom stereocenters. The minimum Gasteiger partial charge on any atom is -0.383 e. The SMILES string of the molecule is CCCCN1CCn2nc(CNS(=O)(=O)N3CCC[C@@H]3COC)cc2C1. The molecule has 3 rings (SSSR count). The fourth-order valence-electron chi connectivity index (χ4n) is 3.77. The summed E-state index contributed by atoms with van der Waals surface area (Å²) in [5.74, 6) is 0. The number of ether oxygens (including phenoxy) is 1. The van der Waals surface area contributed by atoms with Crippen LogP contribution in [-0.4, -0.2) is 66.8 Å². The van der Waals surface area contributed by atoms with E-state index in [2.05, 4.69) is 21.6 Å². The number of hydrogen-bond donors (Lipinski definition) is 1. The van der Waals surface area contributed by atoms with Crippen LogP contribution in [0.1, 0.15) is 44.0 Å². The molecule has 1 N–H and O–H groups in total. The van der Waals surface area contributed by atoms with Gasteiger partial charge in [0.1, 0.15) is 0 Å². The van der Waals surface area contributed by atoms with Crippen LogP contribution in [0.5, 0.6) is 0 Å². The topological polar surface area (TPSA) is 79.7 Å². The molecular formula is C17H31N5O3S. The first-order chi connectivity index (χ1) is 12.5. The van der Waals surface area contributed by atoms with Crippen LogP contribution >= 0.6 is 0 Å². The van der Waals surface area contributed by atoms with Crippen molar-refractivity contribution in [2.75, 3.05) is 33.4 Å². The van der Waals surface area contributed by atoms with Crippen molar-refractivity contribution >= 4 is 10.2 Å². The number of hydrogen-bond acceptors (Lipinski definition) is 5. The quantitative estimate of drug-likeness (QED) is 0.684. The predicted octanol–water partition coefficient (Wildman–Crippen LogP) is 0.944. The molecule has 0 spiro atoms. The Morgan fingerprint density at radius 1 is 1.35 bits per heavy atom. The second kappa shape index (κ2) is 8.79. The Labute approximate surface area is 156 Å². The van der Waals surface area contributed by atoms with E-state index in [-0.39, 0.29) is 12.6 Å². The van der Waals surface area contributed by atoms with Gasteiger partial charge in [0.15, 0.2) is 0 Å². The molecule has 1 saturated heterocycles. The van der Waals surface area contributed by atoms with Crippen LogP contribution in [0.2, 0.25) is 0 Å². The summed E-state index contributed by atoms with van der Waals surface area (Å²) < 4.78 is 36.6. The summed E-state index contributed by atoms with van der Waals surface area (Å²) in [4.78, 5) is 2.44. The number of nitrogens with zero attached hydrogens (tertiary/aromatic N) is 4. The molecule has 148 valence electrons. The van der Waals surface area contributed by atoms with Gasteiger partial charge in [-0.1, -0.05) is 13.3 Å². The summed E-state index contributed by atoms with van der Waals surface area (Å²) in [6.07, 6.45) is 4.13. The van der Waals surface area contributed by atoms with Gasteiger partial charge in [0.2, 0.25) is 0 Å². The highest BCUT2D eigenvalue weighted by molar-refractivity contribution is 7.87. The monoisotopic (exact) mass is 385 g/mol. The summed E-state index contributed by atoms with van der Waals surface area (Å²) >= 11 is 0. The van der Waals surface area contributed by atoms with Gasteiger partial charge in [-0.05, 0) is 31.9 Å². The van der Waals surface area contributed by atoms with Crippen molar-refractivity contribution in [1.29, 1.82) is 0 Å². The van der Waals surface area contributed by atoms with Crippen molar-refractivity contribution in [3.05, 3.63) is 17.5 Å². The minimum absolute atomic E-state index is 0.0696. The second-order valence-corrected chi connectivity index (χ2v) is 8.88. The number of aromatic nitrogens is 2. The van der Waals surface area contributed by atoms with Crippen molar-refractivity contribution in [3.63, 3.8) is 0 Å². The highest BCUT2D eigenvalue weighted by atomic mass is 32.2. The summed E-state index contributed by atoms with van der Waals surface area (Å²) in [5.41, 5.74) is 1.95. The molecule has 8 nitrogen and oxygen atoms in total. The van der Waals surface area contributed by atoms with E-state index in [1.807, 2.05) is 10.7 Å². The number of rotatable bonds is 9. The van der Waals surface area contributed by atoms with E-state index in [1.54, 1.807) is 7.11 Å². The van der Waals surface area contributed by atoms with Crippen molar-refractivity contribution in [3.8, 4) is 0 Å². The first-order valence-electron chi connectivity index (χ1n) is 9.57. The van der Waals surface area contributed by atoms with Crippen LogP contribution in [0, 0.1) is 0 Å². The van der Waals surface area contributed by atoms with Crippen LogP contribution in [-0.2, 0) is 34.6 Å². The third-order valence-corrected chi connectivity index (χ3v) is 6.79. The Hall–Kier alpha value is -1.00. The van der Waals surface area contributed by atoms with Gasteiger partial charge >= 0.3 is 0 Å². The van der Waals surface area contributed by atoms with Gasteiger partial charge in [-0.25, -0.2) is 0 Å². The van der Waals surface area contributed by atoms with E-state index in [9.17, 15) is 8.42 Å². The molecular weight excluding hydrogens is 354 g/mol. The maximum absolute atomic E-state index is 12.6. The van der Waals surface area contributed by atoms with Crippen LogP contribution < -0.4 is 4.72 Å². The van der Waals surface area contributed by atoms with Gasteiger partial charge in [-0.3, -0.25) is 9.58 Å². The smallest absolute Gasteiger partial charge is 0.280 e. The lowest BCUT2D eigenvalue weighted by molar-refractivity contribution is 0.148. The van der Waals surface area contributed by atoms with Gasteiger partial charge in [0, 0.05) is 32.8 Å². The van der Waals surface area contributed by atoms with E-state index < -0.39 is 10.2 Å². The maximum atomic E-state index is 12.6. The molecule has 1 fully saturated rings. The van der Waals surface area contributed by atoms with Crippen molar-refractivity contribution in [2.45, 2.75) is 58.3 Å². The van der Waals surface area contributed by atoms with Crippen molar-refractivity contribution in [2.24, 2.45) is 0 Å². The number of methoxy groups -OCH3 is 1. The molecule has 1 aromatic heterocycles. The first-order valence-corrected chi connectivity index (χ1v) is 11.0. The summed E-state index contributed by atoms with van der Waals surface area (Å²) in [6, 6.07) is 1.96. The molecule has 0 aliphatic carbocycles. The zero-order valence-electron chi connectivity index (χ0n) is 15.9. The Balaban J connectivity index is 1.58. The van der Waals surface area contributed by atoms with Gasteiger partial charge < -0.3 is 4.74 Å². The van der Waals surface area contributed by atoms with E-state index in [0.717, 1.165) is 44.7 Å². The van der Waals surface area contributed by atoms with Gasteiger partial charge in [-0.2, -0.15) is 22.5 Å². The Kier molecular flexibility index (Phi) is 6.68. The average molecular weight is 386 g/mol. The van der Waals surface area contributed by atoms with E-state index in [1.165, 1.54) is 22.8 Å².